The summed E-state index contributed by atoms with van der Waals surface area (Å²) in [5, 5.41) is 21.2. The molecule has 0 spiro atoms. The number of rotatable bonds is 18. The van der Waals surface area contributed by atoms with Crippen molar-refractivity contribution < 1.29 is 48.9 Å². The fourth-order valence-electron chi connectivity index (χ4n) is 3.23. The molecular weight excluding hydrogens is 450 g/mol. The molecular formula is C24H42O6Zn. The van der Waals surface area contributed by atoms with Crippen LogP contribution in [0.15, 0.2) is 0 Å². The molecule has 0 amide bonds. The molecule has 0 aromatic rings. The number of carboxylic acid groups (broad SMARTS) is 2. The number of unbranched alkanes of at least 4 members (excludes halogenated alkanes) is 10. The van der Waals surface area contributed by atoms with Crippen LogP contribution in [0.4, 0.5) is 0 Å². The fraction of sp³-hybridized carbons (Fsp3) is 0.833. The van der Waals surface area contributed by atoms with E-state index in [0.717, 1.165) is 38.5 Å². The number of aliphatic carboxylic acids is 2. The number of carbonyl (C=O) groups is 4. The number of ketones is 2. The second kappa shape index (κ2) is 23.6. The maximum absolute atomic E-state index is 10.9. The van der Waals surface area contributed by atoms with Crippen LogP contribution in [-0.4, -0.2) is 23.5 Å². The van der Waals surface area contributed by atoms with Crippen LogP contribution in [-0.2, 0) is 38.7 Å². The Bertz CT molecular complexity index is 420. The van der Waals surface area contributed by atoms with Crippen LogP contribution in [0.2, 0.25) is 0 Å². The Balaban J connectivity index is -0.000000490. The molecule has 176 valence electrons. The van der Waals surface area contributed by atoms with Gasteiger partial charge in [0, 0.05) is 0 Å². The van der Waals surface area contributed by atoms with Crippen molar-refractivity contribution in [2.45, 2.75) is 118 Å². The summed E-state index contributed by atoms with van der Waals surface area (Å²) in [6.45, 7) is 6.94. The molecule has 0 aliphatic carbocycles. The average molecular weight is 492 g/mol. The Morgan fingerprint density at radius 1 is 0.548 bits per heavy atom. The van der Waals surface area contributed by atoms with Gasteiger partial charge in [-0.05, 0) is 26.7 Å². The summed E-state index contributed by atoms with van der Waals surface area (Å²) in [5.74, 6) is -4.81. The standard InChI is InChI=1S/2C12H22O3.Zn/c2*1-3-4-5-6-7-8-9-11(10(2)13)12(14)15;/h2*11H,3-9H2,1-2H3,(H,14,15);/q;;+2/p-2. The molecule has 0 aromatic carbocycles. The smallest absolute Gasteiger partial charge is 0.549 e. The van der Waals surface area contributed by atoms with E-state index in [1.165, 1.54) is 52.4 Å². The Hall–Kier alpha value is -1.10. The van der Waals surface area contributed by atoms with Crippen molar-refractivity contribution in [3.63, 3.8) is 0 Å². The van der Waals surface area contributed by atoms with E-state index in [0.29, 0.717) is 12.8 Å². The maximum Gasteiger partial charge on any atom is 2.00 e. The van der Waals surface area contributed by atoms with E-state index in [2.05, 4.69) is 13.8 Å². The first-order valence-electron chi connectivity index (χ1n) is 11.6. The van der Waals surface area contributed by atoms with Crippen LogP contribution in [0.1, 0.15) is 118 Å². The minimum absolute atomic E-state index is 0. The maximum atomic E-state index is 10.9. The van der Waals surface area contributed by atoms with Gasteiger partial charge in [-0.3, -0.25) is 9.59 Å². The molecule has 7 heteroatoms. The summed E-state index contributed by atoms with van der Waals surface area (Å²) >= 11 is 0. The molecule has 0 aliphatic rings. The van der Waals surface area contributed by atoms with Crippen molar-refractivity contribution in [1.29, 1.82) is 0 Å². The zero-order chi connectivity index (χ0) is 23.4. The van der Waals surface area contributed by atoms with Gasteiger partial charge in [0.15, 0.2) is 0 Å². The van der Waals surface area contributed by atoms with Gasteiger partial charge in [0.2, 0.25) is 0 Å². The molecule has 0 radical (unpaired) electrons. The van der Waals surface area contributed by atoms with Crippen molar-refractivity contribution in [3.05, 3.63) is 0 Å². The number of hydrogen-bond acceptors (Lipinski definition) is 6. The normalized spacial score (nSPS) is 12.0. The summed E-state index contributed by atoms with van der Waals surface area (Å²) in [7, 11) is 0. The third kappa shape index (κ3) is 21.9. The largest absolute Gasteiger partial charge is 2.00 e. The second-order valence-electron chi connectivity index (χ2n) is 8.08. The molecule has 0 aromatic heterocycles. The first kappa shape index (κ1) is 34.5. The first-order chi connectivity index (χ1) is 14.2. The van der Waals surface area contributed by atoms with Gasteiger partial charge < -0.3 is 19.8 Å². The van der Waals surface area contributed by atoms with Gasteiger partial charge in [0.05, 0.1) is 23.8 Å². The third-order valence-corrected chi connectivity index (χ3v) is 5.24. The molecule has 0 heterocycles. The van der Waals surface area contributed by atoms with E-state index < -0.39 is 23.8 Å². The minimum Gasteiger partial charge on any atom is -0.549 e. The monoisotopic (exact) mass is 490 g/mol. The number of hydrogen-bond donors (Lipinski definition) is 0. The van der Waals surface area contributed by atoms with Crippen molar-refractivity contribution in [2.75, 3.05) is 0 Å². The molecule has 0 aliphatic heterocycles. The molecule has 0 saturated heterocycles. The molecule has 31 heavy (non-hydrogen) atoms. The van der Waals surface area contributed by atoms with Crippen molar-refractivity contribution in [3.8, 4) is 0 Å². The van der Waals surface area contributed by atoms with Gasteiger partial charge in [-0.1, -0.05) is 90.9 Å². The molecule has 0 saturated carbocycles. The van der Waals surface area contributed by atoms with Crippen LogP contribution in [0.3, 0.4) is 0 Å². The quantitative estimate of drug-likeness (QED) is 0.165. The zero-order valence-corrected chi connectivity index (χ0v) is 23.2. The average Bonchev–Trinajstić information content (AvgIpc) is 2.66. The van der Waals surface area contributed by atoms with E-state index in [1.807, 2.05) is 0 Å². The molecule has 6 nitrogen and oxygen atoms in total. The molecule has 0 fully saturated rings. The third-order valence-electron chi connectivity index (χ3n) is 5.24. The summed E-state index contributed by atoms with van der Waals surface area (Å²) in [4.78, 5) is 43.0. The van der Waals surface area contributed by atoms with Gasteiger partial charge in [-0.25, -0.2) is 0 Å². The van der Waals surface area contributed by atoms with Crippen LogP contribution in [0.5, 0.6) is 0 Å². The first-order valence-corrected chi connectivity index (χ1v) is 11.6. The van der Waals surface area contributed by atoms with E-state index >= 15 is 0 Å². The predicted molar refractivity (Wildman–Crippen MR) is 114 cm³/mol. The molecule has 0 N–H and O–H groups in total. The summed E-state index contributed by atoms with van der Waals surface area (Å²) in [6.07, 6.45) is 14.0. The van der Waals surface area contributed by atoms with Gasteiger partial charge in [0.25, 0.3) is 0 Å². The Morgan fingerprint density at radius 3 is 1.03 bits per heavy atom. The van der Waals surface area contributed by atoms with E-state index in [-0.39, 0.29) is 31.0 Å². The number of carboxylic acids is 2. The number of carbonyl (C=O) groups excluding carboxylic acids is 4. The van der Waals surface area contributed by atoms with E-state index in [1.54, 1.807) is 0 Å². The van der Waals surface area contributed by atoms with Crippen LogP contribution >= 0.6 is 0 Å². The molecule has 0 bridgehead atoms. The number of Topliss-reactive ketones (excluding diaryl/α,β-unsaturated/α-hetero) is 2. The Morgan fingerprint density at radius 2 is 0.806 bits per heavy atom. The summed E-state index contributed by atoms with van der Waals surface area (Å²) < 4.78 is 0. The summed E-state index contributed by atoms with van der Waals surface area (Å²) in [5.41, 5.74) is 0. The van der Waals surface area contributed by atoms with Crippen LogP contribution in [0.25, 0.3) is 0 Å². The fourth-order valence-corrected chi connectivity index (χ4v) is 3.23. The molecule has 2 atom stereocenters. The Labute approximate surface area is 201 Å². The topological polar surface area (TPSA) is 114 Å². The van der Waals surface area contributed by atoms with E-state index in [4.69, 9.17) is 0 Å². The summed E-state index contributed by atoms with van der Waals surface area (Å²) in [6, 6.07) is 0. The van der Waals surface area contributed by atoms with E-state index in [9.17, 15) is 29.4 Å². The van der Waals surface area contributed by atoms with Gasteiger partial charge in [0.1, 0.15) is 11.6 Å². The second-order valence-corrected chi connectivity index (χ2v) is 8.08. The zero-order valence-electron chi connectivity index (χ0n) is 20.2. The van der Waals surface area contributed by atoms with Crippen molar-refractivity contribution >= 4 is 23.5 Å². The van der Waals surface area contributed by atoms with Crippen molar-refractivity contribution in [1.82, 2.24) is 0 Å². The predicted octanol–water partition coefficient (Wildman–Crippen LogP) is 3.38. The van der Waals surface area contributed by atoms with Crippen LogP contribution in [0, 0.1) is 11.8 Å². The SMILES string of the molecule is CCCCCCCCC(C(C)=O)C(=O)[O-].CCCCCCCCC(C(C)=O)C(=O)[O-].[Zn+2]. The Kier molecular flexibility index (Phi) is 26.2. The van der Waals surface area contributed by atoms with Gasteiger partial charge >= 0.3 is 19.5 Å². The van der Waals surface area contributed by atoms with Gasteiger partial charge in [-0.15, -0.1) is 0 Å². The van der Waals surface area contributed by atoms with Crippen molar-refractivity contribution in [2.24, 2.45) is 11.8 Å². The molecule has 2 unspecified atom stereocenters. The minimum atomic E-state index is -1.23. The van der Waals surface area contributed by atoms with Crippen LogP contribution < -0.4 is 10.2 Å². The van der Waals surface area contributed by atoms with Gasteiger partial charge in [-0.2, -0.15) is 0 Å². The molecule has 0 rings (SSSR count).